The molecule has 120 valence electrons. The number of halogens is 1. The van der Waals surface area contributed by atoms with Crippen LogP contribution in [0.5, 0.6) is 11.5 Å². The number of hydrogen-bond donors (Lipinski definition) is 0. The van der Waals surface area contributed by atoms with Crippen molar-refractivity contribution in [3.05, 3.63) is 33.8 Å². The van der Waals surface area contributed by atoms with Crippen molar-refractivity contribution in [2.45, 2.75) is 30.9 Å². The van der Waals surface area contributed by atoms with Gasteiger partial charge in [-0.1, -0.05) is 22.0 Å². The number of amides is 1. The number of allylic oxidation sites excluding steroid dienone is 1. The van der Waals surface area contributed by atoms with Gasteiger partial charge in [0, 0.05) is 29.5 Å². The van der Waals surface area contributed by atoms with Crippen molar-refractivity contribution >= 4 is 28.1 Å². The van der Waals surface area contributed by atoms with Crippen LogP contribution in [0.15, 0.2) is 22.7 Å². The molecule has 1 aromatic carbocycles. The Kier molecular flexibility index (Phi) is 3.27. The van der Waals surface area contributed by atoms with Crippen LogP contribution in [0.4, 0.5) is 0 Å². The third-order valence-electron chi connectivity index (χ3n) is 5.09. The molecule has 2 unspecified atom stereocenters. The maximum absolute atomic E-state index is 11.9. The number of ether oxygens (including phenoxy) is 2. The average Bonchev–Trinajstić information content (AvgIpc) is 2.77. The number of ketones is 1. The van der Waals surface area contributed by atoms with Crippen molar-refractivity contribution in [3.63, 3.8) is 0 Å². The Balaban J connectivity index is 2.00. The van der Waals surface area contributed by atoms with Gasteiger partial charge in [-0.25, -0.2) is 0 Å². The lowest BCUT2D eigenvalue weighted by molar-refractivity contribution is -0.119. The van der Waals surface area contributed by atoms with Crippen molar-refractivity contribution in [1.82, 2.24) is 4.90 Å². The SMILES string of the molecule is COc1cc(Br)c2c3c1OC1CC(=O)C=CC31CCN(C=O)C2. The van der Waals surface area contributed by atoms with Crippen LogP contribution in [0.3, 0.4) is 0 Å². The Bertz CT molecular complexity index is 745. The minimum absolute atomic E-state index is 0.0736. The molecule has 1 aromatic rings. The highest BCUT2D eigenvalue weighted by Crippen LogP contribution is 2.56. The first-order valence-electron chi connectivity index (χ1n) is 7.57. The quantitative estimate of drug-likeness (QED) is 0.742. The number of methoxy groups -OCH3 is 1. The van der Waals surface area contributed by atoms with Gasteiger partial charge in [0.05, 0.1) is 12.5 Å². The number of benzene rings is 1. The van der Waals surface area contributed by atoms with Gasteiger partial charge in [-0.3, -0.25) is 9.59 Å². The van der Waals surface area contributed by atoms with Crippen LogP contribution in [0.1, 0.15) is 24.0 Å². The normalized spacial score (nSPS) is 27.8. The largest absolute Gasteiger partial charge is 0.493 e. The summed E-state index contributed by atoms with van der Waals surface area (Å²) in [6.45, 7) is 1.15. The molecule has 1 spiro atoms. The predicted octanol–water partition coefficient (Wildman–Crippen LogP) is 2.35. The van der Waals surface area contributed by atoms with Crippen molar-refractivity contribution < 1.29 is 19.1 Å². The predicted molar refractivity (Wildman–Crippen MR) is 86.6 cm³/mol. The van der Waals surface area contributed by atoms with Crippen LogP contribution < -0.4 is 9.47 Å². The van der Waals surface area contributed by atoms with E-state index in [1.807, 2.05) is 12.1 Å². The minimum Gasteiger partial charge on any atom is -0.493 e. The van der Waals surface area contributed by atoms with E-state index in [9.17, 15) is 9.59 Å². The summed E-state index contributed by atoms with van der Waals surface area (Å²) in [5, 5.41) is 0. The topological polar surface area (TPSA) is 55.8 Å². The molecule has 0 saturated carbocycles. The summed E-state index contributed by atoms with van der Waals surface area (Å²) < 4.78 is 12.6. The van der Waals surface area contributed by atoms with Crippen molar-refractivity contribution in [1.29, 1.82) is 0 Å². The highest BCUT2D eigenvalue weighted by atomic mass is 79.9. The molecule has 23 heavy (non-hydrogen) atoms. The van der Waals surface area contributed by atoms with E-state index in [0.29, 0.717) is 31.0 Å². The summed E-state index contributed by atoms with van der Waals surface area (Å²) in [7, 11) is 1.61. The molecule has 0 radical (unpaired) electrons. The summed E-state index contributed by atoms with van der Waals surface area (Å²) >= 11 is 3.61. The van der Waals surface area contributed by atoms with Crippen LogP contribution >= 0.6 is 15.9 Å². The second kappa shape index (κ2) is 5.09. The first kappa shape index (κ1) is 14.8. The van der Waals surface area contributed by atoms with Crippen LogP contribution in [0.25, 0.3) is 0 Å². The third kappa shape index (κ3) is 1.97. The van der Waals surface area contributed by atoms with Gasteiger partial charge in [0.25, 0.3) is 0 Å². The molecule has 4 rings (SSSR count). The summed E-state index contributed by atoms with van der Waals surface area (Å²) in [5.41, 5.74) is 1.72. The second-order valence-electron chi connectivity index (χ2n) is 6.22. The summed E-state index contributed by atoms with van der Waals surface area (Å²) in [6.07, 6.45) is 5.37. The van der Waals surface area contributed by atoms with Crippen LogP contribution in [-0.2, 0) is 21.5 Å². The van der Waals surface area contributed by atoms with Gasteiger partial charge < -0.3 is 14.4 Å². The highest BCUT2D eigenvalue weighted by molar-refractivity contribution is 9.10. The van der Waals surface area contributed by atoms with E-state index in [-0.39, 0.29) is 17.3 Å². The highest BCUT2D eigenvalue weighted by Gasteiger charge is 2.53. The average molecular weight is 378 g/mol. The maximum Gasteiger partial charge on any atom is 0.210 e. The number of carbonyl (C=O) groups excluding carboxylic acids is 2. The van der Waals surface area contributed by atoms with E-state index in [0.717, 1.165) is 28.4 Å². The molecule has 2 aliphatic heterocycles. The van der Waals surface area contributed by atoms with Crippen LogP contribution in [0, 0.1) is 0 Å². The molecule has 6 heteroatoms. The summed E-state index contributed by atoms with van der Waals surface area (Å²) in [5.74, 6) is 1.44. The zero-order chi connectivity index (χ0) is 16.2. The standard InChI is InChI=1S/C17H16BrNO4/c1-22-13-7-12(18)11-8-19(9-20)5-4-17-3-2-10(21)6-14(17)23-16(13)15(11)17/h2-3,7,9,14H,4-6,8H2,1H3. The molecular weight excluding hydrogens is 362 g/mol. The van der Waals surface area contributed by atoms with E-state index in [2.05, 4.69) is 15.9 Å². The molecule has 1 aliphatic carbocycles. The lowest BCUT2D eigenvalue weighted by atomic mass is 9.69. The number of nitrogens with zero attached hydrogens (tertiary/aromatic N) is 1. The van der Waals surface area contributed by atoms with E-state index in [1.165, 1.54) is 0 Å². The van der Waals surface area contributed by atoms with E-state index < -0.39 is 0 Å². The first-order chi connectivity index (χ1) is 11.1. The van der Waals surface area contributed by atoms with Crippen LogP contribution in [0.2, 0.25) is 0 Å². The lowest BCUT2D eigenvalue weighted by Gasteiger charge is -2.33. The van der Waals surface area contributed by atoms with Gasteiger partial charge in [0.2, 0.25) is 6.41 Å². The van der Waals surface area contributed by atoms with Crippen molar-refractivity contribution in [2.24, 2.45) is 0 Å². The van der Waals surface area contributed by atoms with Gasteiger partial charge in [0.1, 0.15) is 6.10 Å². The van der Waals surface area contributed by atoms with Gasteiger partial charge in [-0.2, -0.15) is 0 Å². The zero-order valence-electron chi connectivity index (χ0n) is 12.7. The summed E-state index contributed by atoms with van der Waals surface area (Å²) in [4.78, 5) is 25.0. The third-order valence-corrected chi connectivity index (χ3v) is 5.80. The van der Waals surface area contributed by atoms with E-state index in [4.69, 9.17) is 9.47 Å². The summed E-state index contributed by atoms with van der Waals surface area (Å²) in [6, 6.07) is 1.87. The molecule has 2 heterocycles. The van der Waals surface area contributed by atoms with Gasteiger partial charge in [-0.05, 0) is 24.1 Å². The van der Waals surface area contributed by atoms with Crippen molar-refractivity contribution in [2.75, 3.05) is 13.7 Å². The molecule has 0 fully saturated rings. The number of hydrogen-bond acceptors (Lipinski definition) is 4. The van der Waals surface area contributed by atoms with Crippen LogP contribution in [-0.4, -0.2) is 36.9 Å². The second-order valence-corrected chi connectivity index (χ2v) is 7.07. The fraction of sp³-hybridized carbons (Fsp3) is 0.412. The smallest absolute Gasteiger partial charge is 0.210 e. The van der Waals surface area contributed by atoms with E-state index in [1.54, 1.807) is 18.1 Å². The van der Waals surface area contributed by atoms with E-state index >= 15 is 0 Å². The van der Waals surface area contributed by atoms with Crippen molar-refractivity contribution in [3.8, 4) is 11.5 Å². The lowest BCUT2D eigenvalue weighted by Crippen LogP contribution is -2.41. The minimum atomic E-state index is -0.368. The number of carbonyl (C=O) groups is 2. The molecule has 5 nitrogen and oxygen atoms in total. The molecule has 0 saturated heterocycles. The molecule has 2 atom stereocenters. The molecule has 3 aliphatic rings. The monoisotopic (exact) mass is 377 g/mol. The Morgan fingerprint density at radius 1 is 1.52 bits per heavy atom. The maximum atomic E-state index is 11.9. The molecule has 1 amide bonds. The molecule has 0 bridgehead atoms. The number of rotatable bonds is 2. The Labute approximate surface area is 142 Å². The molecule has 0 aromatic heterocycles. The molecule has 0 N–H and O–H groups in total. The fourth-order valence-electron chi connectivity index (χ4n) is 3.95. The van der Waals surface area contributed by atoms with Gasteiger partial charge in [0.15, 0.2) is 17.3 Å². The Morgan fingerprint density at radius 3 is 3.09 bits per heavy atom. The molecular formula is C17H16BrNO4. The fourth-order valence-corrected chi connectivity index (χ4v) is 4.48. The Morgan fingerprint density at radius 2 is 2.35 bits per heavy atom. The first-order valence-corrected chi connectivity index (χ1v) is 8.36. The van der Waals surface area contributed by atoms with Gasteiger partial charge >= 0.3 is 0 Å². The Hall–Kier alpha value is -1.82. The zero-order valence-corrected chi connectivity index (χ0v) is 14.3. The van der Waals surface area contributed by atoms with Gasteiger partial charge in [-0.15, -0.1) is 0 Å².